The van der Waals surface area contributed by atoms with E-state index in [-0.39, 0.29) is 6.10 Å². The maximum absolute atomic E-state index is 9.39. The molecular weight excluding hydrogens is 206 g/mol. The largest absolute Gasteiger partial charge is 0.387 e. The maximum atomic E-state index is 9.39. The Kier molecular flexibility index (Phi) is 1.69. The predicted molar refractivity (Wildman–Crippen MR) is 45.2 cm³/mol. The second-order valence-corrected chi connectivity index (χ2v) is 3.67. The van der Waals surface area contributed by atoms with Crippen LogP contribution in [0, 0.1) is 0 Å². The summed E-state index contributed by atoms with van der Waals surface area (Å²) in [5, 5.41) is 9.39. The van der Waals surface area contributed by atoms with E-state index in [0.717, 1.165) is 23.0 Å². The van der Waals surface area contributed by atoms with Gasteiger partial charge in [-0.05, 0) is 40.4 Å². The fourth-order valence-corrected chi connectivity index (χ4v) is 1.80. The van der Waals surface area contributed by atoms with Gasteiger partial charge in [0.05, 0.1) is 11.8 Å². The zero-order valence-electron chi connectivity index (χ0n) is 5.92. The summed E-state index contributed by atoms with van der Waals surface area (Å²) in [4.78, 5) is 4.14. The van der Waals surface area contributed by atoms with E-state index >= 15 is 0 Å². The number of aliphatic hydroxyl groups excluding tert-OH is 1. The van der Waals surface area contributed by atoms with Crippen LogP contribution in [0.15, 0.2) is 16.7 Å². The molecule has 0 bridgehead atoms. The van der Waals surface area contributed by atoms with Gasteiger partial charge in [-0.15, -0.1) is 0 Å². The van der Waals surface area contributed by atoms with E-state index in [4.69, 9.17) is 0 Å². The Morgan fingerprint density at radius 1 is 1.64 bits per heavy atom. The summed E-state index contributed by atoms with van der Waals surface area (Å²) in [6, 6.07) is 2.03. The van der Waals surface area contributed by atoms with Crippen molar-refractivity contribution < 1.29 is 5.11 Å². The van der Waals surface area contributed by atoms with Gasteiger partial charge in [-0.25, -0.2) is 0 Å². The number of nitrogens with zero attached hydrogens (tertiary/aromatic N) is 1. The first kappa shape index (κ1) is 7.25. The number of halogens is 1. The summed E-state index contributed by atoms with van der Waals surface area (Å²) in [6.07, 6.45) is 3.16. The van der Waals surface area contributed by atoms with Crippen LogP contribution in [-0.2, 0) is 6.42 Å². The van der Waals surface area contributed by atoms with Crippen molar-refractivity contribution in [1.29, 1.82) is 0 Å². The molecule has 3 heteroatoms. The highest BCUT2D eigenvalue weighted by atomic mass is 79.9. The van der Waals surface area contributed by atoms with Gasteiger partial charge in [0.15, 0.2) is 0 Å². The number of rotatable bonds is 0. The highest BCUT2D eigenvalue weighted by Crippen LogP contribution is 2.30. The van der Waals surface area contributed by atoms with Crippen LogP contribution in [0.4, 0.5) is 0 Å². The summed E-state index contributed by atoms with van der Waals surface area (Å²) in [5.74, 6) is 0. The Bertz CT molecular complexity index is 287. The van der Waals surface area contributed by atoms with Crippen molar-refractivity contribution in [3.8, 4) is 0 Å². The Morgan fingerprint density at radius 3 is 3.27 bits per heavy atom. The summed E-state index contributed by atoms with van der Waals surface area (Å²) < 4.78 is 0.991. The number of pyridine rings is 1. The van der Waals surface area contributed by atoms with E-state index in [0.29, 0.717) is 0 Å². The lowest BCUT2D eigenvalue weighted by atomic mass is 10.2. The first-order valence-electron chi connectivity index (χ1n) is 3.60. The van der Waals surface area contributed by atoms with E-state index in [9.17, 15) is 5.11 Å². The maximum Gasteiger partial charge on any atom is 0.0965 e. The van der Waals surface area contributed by atoms with Gasteiger partial charge >= 0.3 is 0 Å². The second-order valence-electron chi connectivity index (χ2n) is 2.75. The molecule has 1 aliphatic rings. The molecule has 0 aliphatic heterocycles. The molecule has 58 valence electrons. The lowest BCUT2D eigenvalue weighted by Gasteiger charge is -2.01. The first-order valence-corrected chi connectivity index (χ1v) is 4.39. The van der Waals surface area contributed by atoms with Gasteiger partial charge in [-0.1, -0.05) is 0 Å². The van der Waals surface area contributed by atoms with Gasteiger partial charge in [-0.2, -0.15) is 0 Å². The summed E-state index contributed by atoms with van der Waals surface area (Å²) in [7, 11) is 0. The van der Waals surface area contributed by atoms with Crippen molar-refractivity contribution in [2.24, 2.45) is 0 Å². The number of fused-ring (bicyclic) bond motifs is 1. The number of aromatic nitrogens is 1. The van der Waals surface area contributed by atoms with Gasteiger partial charge in [0.2, 0.25) is 0 Å². The standard InChI is InChI=1S/C8H8BrNO/c9-6-3-5-1-2-7(11)8(5)10-4-6/h3-4,7,11H,1-2H2/t7-/m1/s1. The molecule has 11 heavy (non-hydrogen) atoms. The van der Waals surface area contributed by atoms with Crippen LogP contribution in [-0.4, -0.2) is 10.1 Å². The van der Waals surface area contributed by atoms with E-state index < -0.39 is 0 Å². The van der Waals surface area contributed by atoms with E-state index in [1.165, 1.54) is 5.56 Å². The Labute approximate surface area is 73.4 Å². The molecule has 1 aromatic rings. The molecule has 1 atom stereocenters. The van der Waals surface area contributed by atoms with Crippen LogP contribution in [0.1, 0.15) is 23.8 Å². The van der Waals surface area contributed by atoms with E-state index in [1.807, 2.05) is 6.07 Å². The molecule has 0 unspecified atom stereocenters. The molecule has 2 nitrogen and oxygen atoms in total. The van der Waals surface area contributed by atoms with Crippen LogP contribution in [0.2, 0.25) is 0 Å². The zero-order valence-corrected chi connectivity index (χ0v) is 7.50. The van der Waals surface area contributed by atoms with Crippen LogP contribution in [0.5, 0.6) is 0 Å². The molecule has 0 aromatic carbocycles. The fourth-order valence-electron chi connectivity index (χ4n) is 1.42. The van der Waals surface area contributed by atoms with Gasteiger partial charge in [-0.3, -0.25) is 4.98 Å². The van der Waals surface area contributed by atoms with Crippen LogP contribution < -0.4 is 0 Å². The minimum Gasteiger partial charge on any atom is -0.387 e. The monoisotopic (exact) mass is 213 g/mol. The molecule has 0 saturated carbocycles. The Balaban J connectivity index is 2.50. The van der Waals surface area contributed by atoms with Crippen molar-refractivity contribution >= 4 is 15.9 Å². The Hall–Kier alpha value is -0.410. The summed E-state index contributed by atoms with van der Waals surface area (Å²) >= 11 is 3.34. The number of aliphatic hydroxyl groups is 1. The van der Waals surface area contributed by atoms with E-state index in [1.54, 1.807) is 6.20 Å². The normalized spacial score (nSPS) is 21.8. The lowest BCUT2D eigenvalue weighted by molar-refractivity contribution is 0.176. The third-order valence-corrected chi connectivity index (χ3v) is 2.40. The molecule has 1 heterocycles. The van der Waals surface area contributed by atoms with Crippen molar-refractivity contribution in [3.63, 3.8) is 0 Å². The van der Waals surface area contributed by atoms with Crippen molar-refractivity contribution in [2.45, 2.75) is 18.9 Å². The molecule has 1 aliphatic carbocycles. The average molecular weight is 214 g/mol. The van der Waals surface area contributed by atoms with Crippen molar-refractivity contribution in [3.05, 3.63) is 28.0 Å². The highest BCUT2D eigenvalue weighted by Gasteiger charge is 2.21. The molecule has 0 fully saturated rings. The molecule has 2 rings (SSSR count). The van der Waals surface area contributed by atoms with Gasteiger partial charge in [0, 0.05) is 10.7 Å². The molecule has 0 amide bonds. The van der Waals surface area contributed by atoms with E-state index in [2.05, 4.69) is 20.9 Å². The quantitative estimate of drug-likeness (QED) is 0.714. The molecule has 1 N–H and O–H groups in total. The van der Waals surface area contributed by atoms with Crippen molar-refractivity contribution in [2.75, 3.05) is 0 Å². The smallest absolute Gasteiger partial charge is 0.0965 e. The third kappa shape index (κ3) is 1.19. The third-order valence-electron chi connectivity index (χ3n) is 1.97. The molecule has 0 saturated heterocycles. The molecule has 0 spiro atoms. The predicted octanol–water partition coefficient (Wildman–Crippen LogP) is 1.82. The zero-order chi connectivity index (χ0) is 7.84. The molecular formula is C8H8BrNO. The van der Waals surface area contributed by atoms with Crippen LogP contribution >= 0.6 is 15.9 Å². The SMILES string of the molecule is O[C@@H]1CCc2cc(Br)cnc21. The Morgan fingerprint density at radius 2 is 2.45 bits per heavy atom. The van der Waals surface area contributed by atoms with Crippen LogP contribution in [0.3, 0.4) is 0 Å². The minimum absolute atomic E-state index is 0.335. The highest BCUT2D eigenvalue weighted by molar-refractivity contribution is 9.10. The fraction of sp³-hybridized carbons (Fsp3) is 0.375. The van der Waals surface area contributed by atoms with Gasteiger partial charge in [0.1, 0.15) is 0 Å². The lowest BCUT2D eigenvalue weighted by Crippen LogP contribution is -1.93. The number of aryl methyl sites for hydroxylation is 1. The molecule has 1 aromatic heterocycles. The van der Waals surface area contributed by atoms with Gasteiger partial charge < -0.3 is 5.11 Å². The first-order chi connectivity index (χ1) is 5.27. The number of hydrogen-bond acceptors (Lipinski definition) is 2. The average Bonchev–Trinajstić information content (AvgIpc) is 2.32. The van der Waals surface area contributed by atoms with Crippen LogP contribution in [0.25, 0.3) is 0 Å². The minimum atomic E-state index is -0.335. The second kappa shape index (κ2) is 2.57. The topological polar surface area (TPSA) is 33.1 Å². The van der Waals surface area contributed by atoms with Gasteiger partial charge in [0.25, 0.3) is 0 Å². The van der Waals surface area contributed by atoms with Crippen molar-refractivity contribution in [1.82, 2.24) is 4.98 Å². The summed E-state index contributed by atoms with van der Waals surface area (Å²) in [5.41, 5.74) is 2.03. The number of hydrogen-bond donors (Lipinski definition) is 1. The molecule has 0 radical (unpaired) electrons. The summed E-state index contributed by atoms with van der Waals surface area (Å²) in [6.45, 7) is 0.